The Balaban J connectivity index is 1.45. The molecule has 0 bridgehead atoms. The van der Waals surface area contributed by atoms with Crippen LogP contribution in [0.3, 0.4) is 0 Å². The topological polar surface area (TPSA) is 75.7 Å². The quantitative estimate of drug-likeness (QED) is 0.580. The summed E-state index contributed by atoms with van der Waals surface area (Å²) in [5, 5.41) is 2.95. The third-order valence-corrected chi connectivity index (χ3v) is 7.77. The minimum absolute atomic E-state index is 0.0297. The van der Waals surface area contributed by atoms with Crippen molar-refractivity contribution in [3.8, 4) is 5.75 Å². The lowest BCUT2D eigenvalue weighted by Gasteiger charge is -2.30. The summed E-state index contributed by atoms with van der Waals surface area (Å²) < 4.78 is 46.5. The van der Waals surface area contributed by atoms with Gasteiger partial charge in [-0.1, -0.05) is 29.8 Å². The number of halogens is 2. The largest absolute Gasteiger partial charge is 0.491 e. The van der Waals surface area contributed by atoms with Crippen LogP contribution in [0, 0.1) is 25.6 Å². The number of nitrogens with zero attached hydrogens (tertiary/aromatic N) is 1. The number of rotatable bonds is 8. The van der Waals surface area contributed by atoms with Gasteiger partial charge in [-0.05, 0) is 56.0 Å². The standard InChI is InChI=1S/C23H28ClFN2O4S/c1-16-6-7-17(2)22(14-16)31-13-10-26-23(28)18-8-11-27(12-9-18)32(29,30)15-19-20(24)4-3-5-21(19)25/h3-7,14,18H,8-13,15H2,1-2H3,(H,26,28). The lowest BCUT2D eigenvalue weighted by atomic mass is 9.97. The number of aryl methyl sites for hydroxylation is 2. The number of amides is 1. The Morgan fingerprint density at radius 2 is 1.94 bits per heavy atom. The predicted molar refractivity (Wildman–Crippen MR) is 123 cm³/mol. The second kappa shape index (κ2) is 10.6. The first-order chi connectivity index (χ1) is 15.2. The first-order valence-electron chi connectivity index (χ1n) is 10.6. The van der Waals surface area contributed by atoms with Gasteiger partial charge in [0.25, 0.3) is 0 Å². The number of nitrogens with one attached hydrogen (secondary N) is 1. The van der Waals surface area contributed by atoms with E-state index in [-0.39, 0.29) is 35.5 Å². The predicted octanol–water partition coefficient (Wildman–Crippen LogP) is 3.83. The van der Waals surface area contributed by atoms with E-state index in [0.29, 0.717) is 26.0 Å². The third kappa shape index (κ3) is 6.21. The highest BCUT2D eigenvalue weighted by atomic mass is 35.5. The zero-order chi connectivity index (χ0) is 23.3. The Bertz CT molecular complexity index is 1050. The summed E-state index contributed by atoms with van der Waals surface area (Å²) in [6, 6.07) is 10.1. The Morgan fingerprint density at radius 1 is 1.22 bits per heavy atom. The fourth-order valence-electron chi connectivity index (χ4n) is 3.68. The number of benzene rings is 2. The molecule has 174 valence electrons. The van der Waals surface area contributed by atoms with Gasteiger partial charge in [-0.15, -0.1) is 0 Å². The molecule has 0 aromatic heterocycles. The van der Waals surface area contributed by atoms with Crippen LogP contribution >= 0.6 is 11.6 Å². The molecule has 0 radical (unpaired) electrons. The van der Waals surface area contributed by atoms with Crippen LogP contribution in [-0.2, 0) is 20.6 Å². The number of sulfonamides is 1. The summed E-state index contributed by atoms with van der Waals surface area (Å²) in [7, 11) is -3.73. The molecule has 1 aliphatic heterocycles. The van der Waals surface area contributed by atoms with Crippen LogP contribution in [0.25, 0.3) is 0 Å². The van der Waals surface area contributed by atoms with Gasteiger partial charge in [-0.25, -0.2) is 17.1 Å². The average molecular weight is 483 g/mol. The van der Waals surface area contributed by atoms with Crippen molar-refractivity contribution in [1.82, 2.24) is 9.62 Å². The summed E-state index contributed by atoms with van der Waals surface area (Å²) >= 11 is 5.97. The summed E-state index contributed by atoms with van der Waals surface area (Å²) in [5.74, 6) is -0.709. The number of carbonyl (C=O) groups excluding carboxylic acids is 1. The number of piperidine rings is 1. The van der Waals surface area contributed by atoms with Crippen LogP contribution in [-0.4, -0.2) is 44.9 Å². The van der Waals surface area contributed by atoms with Crippen LogP contribution in [0.2, 0.25) is 5.02 Å². The fraction of sp³-hybridized carbons (Fsp3) is 0.435. The molecule has 1 aliphatic rings. The molecule has 0 unspecified atom stereocenters. The van der Waals surface area contributed by atoms with E-state index in [2.05, 4.69) is 5.32 Å². The van der Waals surface area contributed by atoms with Gasteiger partial charge in [0.05, 0.1) is 12.3 Å². The molecule has 1 amide bonds. The number of ether oxygens (including phenoxy) is 1. The Morgan fingerprint density at radius 3 is 2.62 bits per heavy atom. The molecule has 1 saturated heterocycles. The molecule has 2 aromatic rings. The van der Waals surface area contributed by atoms with Gasteiger partial charge in [0.1, 0.15) is 18.2 Å². The molecule has 1 heterocycles. The number of hydrogen-bond donors (Lipinski definition) is 1. The minimum atomic E-state index is -3.73. The van der Waals surface area contributed by atoms with Crippen molar-refractivity contribution in [1.29, 1.82) is 0 Å². The van der Waals surface area contributed by atoms with Crippen molar-refractivity contribution in [3.05, 3.63) is 63.9 Å². The third-order valence-electron chi connectivity index (χ3n) is 5.61. The van der Waals surface area contributed by atoms with E-state index in [4.69, 9.17) is 16.3 Å². The average Bonchev–Trinajstić information content (AvgIpc) is 2.76. The first-order valence-corrected chi connectivity index (χ1v) is 12.5. The molecule has 9 heteroatoms. The molecule has 1 fully saturated rings. The molecule has 0 aliphatic carbocycles. The van der Waals surface area contributed by atoms with E-state index < -0.39 is 21.6 Å². The van der Waals surface area contributed by atoms with E-state index in [0.717, 1.165) is 16.9 Å². The second-order valence-corrected chi connectivity index (χ2v) is 10.4. The van der Waals surface area contributed by atoms with Gasteiger partial charge in [0.2, 0.25) is 15.9 Å². The maximum atomic E-state index is 14.0. The second-order valence-electron chi connectivity index (χ2n) is 8.04. The highest BCUT2D eigenvalue weighted by Gasteiger charge is 2.32. The Hall–Kier alpha value is -2.16. The molecule has 0 atom stereocenters. The Labute approximate surface area is 193 Å². The molecular weight excluding hydrogens is 455 g/mol. The first kappa shape index (κ1) is 24.5. The SMILES string of the molecule is Cc1ccc(C)c(OCCNC(=O)C2CCN(S(=O)(=O)Cc3c(F)cccc3Cl)CC2)c1. The number of carbonyl (C=O) groups is 1. The molecule has 6 nitrogen and oxygen atoms in total. The van der Waals surface area contributed by atoms with Crippen LogP contribution in [0.15, 0.2) is 36.4 Å². The van der Waals surface area contributed by atoms with Crippen molar-refractivity contribution in [2.75, 3.05) is 26.2 Å². The van der Waals surface area contributed by atoms with Crippen molar-refractivity contribution in [2.45, 2.75) is 32.4 Å². The van der Waals surface area contributed by atoms with Crippen LogP contribution in [0.1, 0.15) is 29.5 Å². The van der Waals surface area contributed by atoms with Crippen molar-refractivity contribution < 1.29 is 22.3 Å². The summed E-state index contributed by atoms with van der Waals surface area (Å²) in [6.07, 6.45) is 0.821. The number of hydrogen-bond acceptors (Lipinski definition) is 4. The van der Waals surface area contributed by atoms with Gasteiger partial charge >= 0.3 is 0 Å². The van der Waals surface area contributed by atoms with E-state index in [1.165, 1.54) is 22.5 Å². The van der Waals surface area contributed by atoms with Crippen LogP contribution in [0.5, 0.6) is 5.75 Å². The molecule has 32 heavy (non-hydrogen) atoms. The van der Waals surface area contributed by atoms with Gasteiger partial charge in [-0.2, -0.15) is 0 Å². The summed E-state index contributed by atoms with van der Waals surface area (Å²) in [5.41, 5.74) is 2.11. The van der Waals surface area contributed by atoms with Crippen molar-refractivity contribution >= 4 is 27.5 Å². The van der Waals surface area contributed by atoms with Gasteiger partial charge < -0.3 is 10.1 Å². The van der Waals surface area contributed by atoms with Gasteiger partial charge in [0, 0.05) is 29.6 Å². The van der Waals surface area contributed by atoms with Crippen LogP contribution < -0.4 is 10.1 Å². The normalized spacial score (nSPS) is 15.5. The monoisotopic (exact) mass is 482 g/mol. The fourth-order valence-corrected chi connectivity index (χ4v) is 5.60. The maximum absolute atomic E-state index is 14.0. The highest BCUT2D eigenvalue weighted by Crippen LogP contribution is 2.26. The maximum Gasteiger partial charge on any atom is 0.223 e. The molecule has 0 spiro atoms. The molecular formula is C23H28ClFN2O4S. The van der Waals surface area contributed by atoms with Crippen LogP contribution in [0.4, 0.5) is 4.39 Å². The molecule has 0 saturated carbocycles. The van der Waals surface area contributed by atoms with E-state index >= 15 is 0 Å². The summed E-state index contributed by atoms with van der Waals surface area (Å²) in [6.45, 7) is 5.11. The van der Waals surface area contributed by atoms with Gasteiger partial charge in [-0.3, -0.25) is 4.79 Å². The zero-order valence-electron chi connectivity index (χ0n) is 18.2. The lowest BCUT2D eigenvalue weighted by Crippen LogP contribution is -2.44. The minimum Gasteiger partial charge on any atom is -0.491 e. The smallest absolute Gasteiger partial charge is 0.223 e. The highest BCUT2D eigenvalue weighted by molar-refractivity contribution is 7.88. The van der Waals surface area contributed by atoms with E-state index in [9.17, 15) is 17.6 Å². The van der Waals surface area contributed by atoms with Crippen molar-refractivity contribution in [3.63, 3.8) is 0 Å². The molecule has 3 rings (SSSR count). The molecule has 2 aromatic carbocycles. The summed E-state index contributed by atoms with van der Waals surface area (Å²) in [4.78, 5) is 12.5. The lowest BCUT2D eigenvalue weighted by molar-refractivity contribution is -0.126. The van der Waals surface area contributed by atoms with E-state index in [1.54, 1.807) is 0 Å². The van der Waals surface area contributed by atoms with Gasteiger partial charge in [0.15, 0.2) is 0 Å². The molecule has 1 N–H and O–H groups in total. The Kier molecular flexibility index (Phi) is 8.14. The zero-order valence-corrected chi connectivity index (χ0v) is 19.8. The van der Waals surface area contributed by atoms with Crippen molar-refractivity contribution in [2.24, 2.45) is 5.92 Å². The van der Waals surface area contributed by atoms with E-state index in [1.807, 2.05) is 32.0 Å².